The zero-order valence-corrected chi connectivity index (χ0v) is 15.6. The third-order valence-electron chi connectivity index (χ3n) is 3.62. The summed E-state index contributed by atoms with van der Waals surface area (Å²) >= 11 is 1.32. The van der Waals surface area contributed by atoms with E-state index in [1.165, 1.54) is 34.5 Å². The van der Waals surface area contributed by atoms with E-state index in [1.807, 2.05) is 0 Å². The summed E-state index contributed by atoms with van der Waals surface area (Å²) in [5.74, 6) is -0.492. The molecule has 1 amide bonds. The van der Waals surface area contributed by atoms with Gasteiger partial charge in [-0.3, -0.25) is 18.7 Å². The highest BCUT2D eigenvalue weighted by Crippen LogP contribution is 2.15. The number of thioether (sulfide) groups is 1. The fourth-order valence-corrected chi connectivity index (χ4v) is 3.18. The predicted molar refractivity (Wildman–Crippen MR) is 100 cm³/mol. The number of aromatic nitrogens is 3. The number of benzene rings is 1. The molecule has 0 bridgehead atoms. The van der Waals surface area contributed by atoms with Crippen molar-refractivity contribution in [1.82, 2.24) is 14.5 Å². The molecule has 0 radical (unpaired) electrons. The van der Waals surface area contributed by atoms with Gasteiger partial charge in [-0.2, -0.15) is 8.42 Å². The molecule has 0 spiro atoms. The van der Waals surface area contributed by atoms with E-state index >= 15 is 0 Å². The molecule has 27 heavy (non-hydrogen) atoms. The second-order valence-corrected chi connectivity index (χ2v) is 7.64. The van der Waals surface area contributed by atoms with Gasteiger partial charge < -0.3 is 5.32 Å². The minimum Gasteiger partial charge on any atom is -0.325 e. The Balaban J connectivity index is 1.86. The number of carbonyl (C=O) groups excluding carboxylic acids is 1. The Morgan fingerprint density at radius 1 is 1.22 bits per heavy atom. The fourth-order valence-electron chi connectivity index (χ4n) is 2.36. The van der Waals surface area contributed by atoms with Gasteiger partial charge in [0.25, 0.3) is 15.7 Å². The molecule has 3 rings (SSSR count). The van der Waals surface area contributed by atoms with Gasteiger partial charge in [-0.15, -0.1) is 0 Å². The number of fused-ring (bicyclic) bond motifs is 1. The number of amides is 1. The van der Waals surface area contributed by atoms with Gasteiger partial charge in [0.05, 0.1) is 4.90 Å². The molecular weight excluding hydrogens is 392 g/mol. The van der Waals surface area contributed by atoms with Gasteiger partial charge >= 0.3 is 0 Å². The van der Waals surface area contributed by atoms with Crippen molar-refractivity contribution in [2.75, 3.05) is 11.6 Å². The highest BCUT2D eigenvalue weighted by Gasteiger charge is 2.12. The molecule has 11 heteroatoms. The molecule has 9 nitrogen and oxygen atoms in total. The van der Waals surface area contributed by atoms with Crippen molar-refractivity contribution >= 4 is 44.5 Å². The zero-order chi connectivity index (χ0) is 19.6. The summed E-state index contributed by atoms with van der Waals surface area (Å²) in [4.78, 5) is 32.7. The van der Waals surface area contributed by atoms with Gasteiger partial charge in [-0.1, -0.05) is 11.8 Å². The van der Waals surface area contributed by atoms with Gasteiger partial charge in [-0.25, -0.2) is 9.97 Å². The van der Waals surface area contributed by atoms with Crippen LogP contribution in [0, 0.1) is 0 Å². The maximum absolute atomic E-state index is 12.3. The molecule has 2 heterocycles. The van der Waals surface area contributed by atoms with Crippen molar-refractivity contribution in [3.05, 3.63) is 52.9 Å². The molecule has 0 atom stereocenters. The number of hydrogen-bond acceptors (Lipinski definition) is 7. The Bertz CT molecular complexity index is 1170. The Morgan fingerprint density at radius 3 is 2.56 bits per heavy atom. The van der Waals surface area contributed by atoms with Crippen molar-refractivity contribution in [1.29, 1.82) is 0 Å². The first-order valence-corrected chi connectivity index (χ1v) is 10.2. The molecule has 1 aromatic carbocycles. The van der Waals surface area contributed by atoms with E-state index in [1.54, 1.807) is 18.5 Å². The van der Waals surface area contributed by atoms with Gasteiger partial charge in [0.1, 0.15) is 12.2 Å². The largest absolute Gasteiger partial charge is 0.325 e. The first kappa shape index (κ1) is 19.0. The monoisotopic (exact) mass is 406 g/mol. The van der Waals surface area contributed by atoms with Crippen molar-refractivity contribution in [2.24, 2.45) is 0 Å². The van der Waals surface area contributed by atoms with Crippen LogP contribution in [0.4, 0.5) is 5.69 Å². The van der Waals surface area contributed by atoms with Gasteiger partial charge in [0, 0.05) is 23.3 Å². The highest BCUT2D eigenvalue weighted by molar-refractivity contribution is 7.98. The van der Waals surface area contributed by atoms with Crippen molar-refractivity contribution in [3.8, 4) is 0 Å². The quantitative estimate of drug-likeness (QED) is 0.369. The SMILES string of the molecule is CSc1ncc2ccc(=O)n(CC(=O)Nc3ccc(S(=O)(=O)O)cc3)c2n1. The van der Waals surface area contributed by atoms with Crippen LogP contribution in [0.25, 0.3) is 11.0 Å². The lowest BCUT2D eigenvalue weighted by Crippen LogP contribution is -2.28. The summed E-state index contributed by atoms with van der Waals surface area (Å²) in [7, 11) is -4.31. The molecule has 0 saturated heterocycles. The van der Waals surface area contributed by atoms with E-state index in [0.717, 1.165) is 12.1 Å². The molecule has 140 valence electrons. The van der Waals surface area contributed by atoms with Crippen LogP contribution in [-0.4, -0.2) is 39.7 Å². The van der Waals surface area contributed by atoms with Gasteiger partial charge in [-0.05, 0) is 36.6 Å². The molecule has 3 aromatic rings. The van der Waals surface area contributed by atoms with E-state index in [0.29, 0.717) is 21.9 Å². The number of nitrogens with one attached hydrogen (secondary N) is 1. The maximum atomic E-state index is 12.3. The average molecular weight is 406 g/mol. The predicted octanol–water partition coefficient (Wildman–Crippen LogP) is 1.40. The smallest absolute Gasteiger partial charge is 0.294 e. The van der Waals surface area contributed by atoms with Crippen LogP contribution in [0.1, 0.15) is 0 Å². The Labute approximate surface area is 158 Å². The summed E-state index contributed by atoms with van der Waals surface area (Å²) < 4.78 is 32.3. The van der Waals surface area contributed by atoms with E-state index in [9.17, 15) is 18.0 Å². The second-order valence-electron chi connectivity index (χ2n) is 5.44. The fraction of sp³-hybridized carbons (Fsp3) is 0.125. The molecule has 2 aromatic heterocycles. The number of hydrogen-bond donors (Lipinski definition) is 2. The molecular formula is C16H14N4O5S2. The van der Waals surface area contributed by atoms with Crippen LogP contribution in [0.15, 0.2) is 57.4 Å². The topological polar surface area (TPSA) is 131 Å². The summed E-state index contributed by atoms with van der Waals surface area (Å²) in [5.41, 5.74) is 0.281. The summed E-state index contributed by atoms with van der Waals surface area (Å²) in [6.45, 7) is -0.277. The number of nitrogens with zero attached hydrogens (tertiary/aromatic N) is 3. The van der Waals surface area contributed by atoms with Crippen LogP contribution in [0.3, 0.4) is 0 Å². The Morgan fingerprint density at radius 2 is 1.93 bits per heavy atom. The van der Waals surface area contributed by atoms with Crippen LogP contribution in [0.2, 0.25) is 0 Å². The number of rotatable bonds is 5. The Hall–Kier alpha value is -2.76. The molecule has 2 N–H and O–H groups in total. The third-order valence-corrected chi connectivity index (χ3v) is 5.05. The maximum Gasteiger partial charge on any atom is 0.294 e. The standard InChI is InChI=1S/C16H14N4O5S2/c1-26-16-17-8-10-2-7-14(22)20(15(10)19-16)9-13(21)18-11-3-5-12(6-4-11)27(23,24)25/h2-8H,9H2,1H3,(H,18,21)(H,23,24,25). The second kappa shape index (κ2) is 7.47. The lowest BCUT2D eigenvalue weighted by Gasteiger charge is -2.10. The van der Waals surface area contributed by atoms with Crippen LogP contribution < -0.4 is 10.9 Å². The first-order chi connectivity index (χ1) is 12.8. The van der Waals surface area contributed by atoms with E-state index in [-0.39, 0.29) is 17.0 Å². The van der Waals surface area contributed by atoms with E-state index in [4.69, 9.17) is 4.55 Å². The Kier molecular flexibility index (Phi) is 5.26. The van der Waals surface area contributed by atoms with Crippen LogP contribution in [-0.2, 0) is 21.5 Å². The summed E-state index contributed by atoms with van der Waals surface area (Å²) in [5, 5.41) is 3.66. The average Bonchev–Trinajstić information content (AvgIpc) is 2.63. The minimum absolute atomic E-state index is 0.277. The summed E-state index contributed by atoms with van der Waals surface area (Å²) in [6.07, 6.45) is 3.38. The lowest BCUT2D eigenvalue weighted by atomic mass is 10.3. The van der Waals surface area contributed by atoms with Crippen molar-refractivity contribution in [3.63, 3.8) is 0 Å². The van der Waals surface area contributed by atoms with Crippen molar-refractivity contribution in [2.45, 2.75) is 16.6 Å². The van der Waals surface area contributed by atoms with Crippen molar-refractivity contribution < 1.29 is 17.8 Å². The molecule has 0 saturated carbocycles. The molecule has 0 unspecified atom stereocenters. The lowest BCUT2D eigenvalue weighted by molar-refractivity contribution is -0.116. The number of carbonyl (C=O) groups is 1. The summed E-state index contributed by atoms with van der Waals surface area (Å²) in [6, 6.07) is 7.91. The first-order valence-electron chi connectivity index (χ1n) is 7.56. The normalized spacial score (nSPS) is 11.5. The zero-order valence-electron chi connectivity index (χ0n) is 14.0. The highest BCUT2D eigenvalue weighted by atomic mass is 32.2. The molecule has 0 aliphatic heterocycles. The third kappa shape index (κ3) is 4.32. The minimum atomic E-state index is -4.31. The molecule has 0 fully saturated rings. The number of pyridine rings is 1. The van der Waals surface area contributed by atoms with Crippen LogP contribution in [0.5, 0.6) is 0 Å². The van der Waals surface area contributed by atoms with Gasteiger partial charge in [0.2, 0.25) is 5.91 Å². The molecule has 0 aliphatic carbocycles. The van der Waals surface area contributed by atoms with E-state index < -0.39 is 16.0 Å². The van der Waals surface area contributed by atoms with Crippen LogP contribution >= 0.6 is 11.8 Å². The molecule has 0 aliphatic rings. The number of anilines is 1. The van der Waals surface area contributed by atoms with Gasteiger partial charge in [0.15, 0.2) is 5.16 Å². The van der Waals surface area contributed by atoms with E-state index in [2.05, 4.69) is 15.3 Å².